The molecule has 0 fully saturated rings. The van der Waals surface area contributed by atoms with E-state index in [0.29, 0.717) is 5.92 Å². The van der Waals surface area contributed by atoms with Crippen LogP contribution in [-0.2, 0) is 0 Å². The Balaban J connectivity index is 2.11. The van der Waals surface area contributed by atoms with Gasteiger partial charge in [0, 0.05) is 17.8 Å². The number of aryl methyl sites for hydroxylation is 1. The molecule has 0 amide bonds. The average molecular weight is 236 g/mol. The van der Waals surface area contributed by atoms with Gasteiger partial charge in [-0.2, -0.15) is 0 Å². The lowest BCUT2D eigenvalue weighted by molar-refractivity contribution is 0.925. The van der Waals surface area contributed by atoms with Crippen molar-refractivity contribution in [3.63, 3.8) is 0 Å². The van der Waals surface area contributed by atoms with E-state index in [4.69, 9.17) is 0 Å². The van der Waals surface area contributed by atoms with E-state index in [1.807, 2.05) is 25.1 Å². The lowest BCUT2D eigenvalue weighted by Crippen LogP contribution is -2.16. The Morgan fingerprint density at radius 3 is 2.72 bits per heavy atom. The van der Waals surface area contributed by atoms with E-state index in [1.165, 1.54) is 11.3 Å². The molecule has 2 heteroatoms. The van der Waals surface area contributed by atoms with Crippen LogP contribution in [0.5, 0.6) is 0 Å². The summed E-state index contributed by atoms with van der Waals surface area (Å²) in [5.74, 6) is 1.44. The quantitative estimate of drug-likeness (QED) is 0.739. The number of para-hydroxylation sites is 1. The number of rotatable bonds is 1. The van der Waals surface area contributed by atoms with Crippen LogP contribution in [0.4, 0.5) is 11.5 Å². The Kier molecular flexibility index (Phi) is 2.63. The summed E-state index contributed by atoms with van der Waals surface area (Å²) in [7, 11) is 0. The topological polar surface area (TPSA) is 16.1 Å². The van der Waals surface area contributed by atoms with Crippen LogP contribution >= 0.6 is 0 Å². The molecule has 2 aromatic rings. The summed E-state index contributed by atoms with van der Waals surface area (Å²) < 4.78 is 0. The number of pyridine rings is 1. The molecule has 0 radical (unpaired) electrons. The minimum atomic E-state index is 0.460. The van der Waals surface area contributed by atoms with E-state index in [0.717, 1.165) is 11.5 Å². The Morgan fingerprint density at radius 1 is 1.06 bits per heavy atom. The maximum atomic E-state index is 4.60. The molecule has 0 N–H and O–H groups in total. The fourth-order valence-corrected chi connectivity index (χ4v) is 2.35. The number of aromatic nitrogens is 1. The summed E-state index contributed by atoms with van der Waals surface area (Å²) in [4.78, 5) is 6.75. The third kappa shape index (κ3) is 1.80. The van der Waals surface area contributed by atoms with E-state index in [9.17, 15) is 0 Å². The highest BCUT2D eigenvalue weighted by Gasteiger charge is 2.18. The van der Waals surface area contributed by atoms with Crippen LogP contribution in [0.3, 0.4) is 0 Å². The van der Waals surface area contributed by atoms with E-state index in [1.54, 1.807) is 0 Å². The first kappa shape index (κ1) is 11.0. The van der Waals surface area contributed by atoms with Crippen molar-refractivity contribution in [2.45, 2.75) is 19.8 Å². The number of benzene rings is 1. The van der Waals surface area contributed by atoms with Gasteiger partial charge in [0.2, 0.25) is 0 Å². The van der Waals surface area contributed by atoms with Crippen molar-refractivity contribution in [3.8, 4) is 0 Å². The lowest BCUT2D eigenvalue weighted by atomic mass is 9.96. The van der Waals surface area contributed by atoms with E-state index in [-0.39, 0.29) is 0 Å². The smallest absolute Gasteiger partial charge is 0.137 e. The number of allylic oxidation sites excluding steroid dienone is 1. The van der Waals surface area contributed by atoms with Gasteiger partial charge in [-0.25, -0.2) is 4.98 Å². The summed E-state index contributed by atoms with van der Waals surface area (Å²) in [6.07, 6.45) is 4.33. The molecule has 1 aromatic carbocycles. The van der Waals surface area contributed by atoms with Crippen molar-refractivity contribution in [3.05, 3.63) is 66.0 Å². The zero-order chi connectivity index (χ0) is 12.5. The molecule has 1 aliphatic rings. The van der Waals surface area contributed by atoms with Gasteiger partial charge in [0.1, 0.15) is 5.82 Å². The molecule has 0 saturated heterocycles. The SMILES string of the molecule is Cc1cccc(N2C=CC(C)c3ccccc32)n1. The standard InChI is InChI=1S/C16H16N2/c1-12-10-11-18(15-8-4-3-7-14(12)15)16-9-5-6-13(2)17-16/h3-12H,1-2H3. The first-order chi connectivity index (χ1) is 8.75. The van der Waals surface area contributed by atoms with Gasteiger partial charge in [-0.15, -0.1) is 0 Å². The first-order valence-corrected chi connectivity index (χ1v) is 6.26. The second kappa shape index (κ2) is 4.30. The van der Waals surface area contributed by atoms with Crippen molar-refractivity contribution in [1.82, 2.24) is 4.98 Å². The molecule has 1 aromatic heterocycles. The van der Waals surface area contributed by atoms with Gasteiger partial charge < -0.3 is 4.90 Å². The molecule has 2 heterocycles. The minimum absolute atomic E-state index is 0.460. The van der Waals surface area contributed by atoms with E-state index < -0.39 is 0 Å². The number of fused-ring (bicyclic) bond motifs is 1. The maximum Gasteiger partial charge on any atom is 0.137 e. The van der Waals surface area contributed by atoms with Gasteiger partial charge >= 0.3 is 0 Å². The summed E-state index contributed by atoms with van der Waals surface area (Å²) >= 11 is 0. The van der Waals surface area contributed by atoms with Crippen LogP contribution < -0.4 is 4.90 Å². The van der Waals surface area contributed by atoms with Crippen molar-refractivity contribution >= 4 is 11.5 Å². The molecule has 1 aliphatic heterocycles. The van der Waals surface area contributed by atoms with Gasteiger partial charge in [-0.3, -0.25) is 0 Å². The molecule has 1 unspecified atom stereocenters. The fraction of sp³-hybridized carbons (Fsp3) is 0.188. The summed E-state index contributed by atoms with van der Waals surface area (Å²) in [6.45, 7) is 4.24. The van der Waals surface area contributed by atoms with Crippen LogP contribution in [0.25, 0.3) is 0 Å². The number of hydrogen-bond donors (Lipinski definition) is 0. The average Bonchev–Trinajstić information content (AvgIpc) is 2.39. The molecule has 2 nitrogen and oxygen atoms in total. The van der Waals surface area contributed by atoms with Crippen LogP contribution in [0, 0.1) is 6.92 Å². The van der Waals surface area contributed by atoms with E-state index in [2.05, 4.69) is 53.3 Å². The zero-order valence-corrected chi connectivity index (χ0v) is 10.7. The highest BCUT2D eigenvalue weighted by atomic mass is 15.2. The van der Waals surface area contributed by atoms with Gasteiger partial charge in [0.15, 0.2) is 0 Å². The number of anilines is 2. The zero-order valence-electron chi connectivity index (χ0n) is 10.7. The highest BCUT2D eigenvalue weighted by Crippen LogP contribution is 2.36. The summed E-state index contributed by atoms with van der Waals surface area (Å²) in [5.41, 5.74) is 3.62. The van der Waals surface area contributed by atoms with Crippen LogP contribution in [-0.4, -0.2) is 4.98 Å². The number of nitrogens with zero attached hydrogens (tertiary/aromatic N) is 2. The minimum Gasteiger partial charge on any atom is -0.302 e. The molecule has 3 rings (SSSR count). The first-order valence-electron chi connectivity index (χ1n) is 6.26. The lowest BCUT2D eigenvalue weighted by Gasteiger charge is -2.28. The molecule has 1 atom stereocenters. The molecule has 90 valence electrons. The third-order valence-corrected chi connectivity index (χ3v) is 3.33. The maximum absolute atomic E-state index is 4.60. The largest absolute Gasteiger partial charge is 0.302 e. The van der Waals surface area contributed by atoms with Crippen molar-refractivity contribution in [1.29, 1.82) is 0 Å². The van der Waals surface area contributed by atoms with Gasteiger partial charge in [0.25, 0.3) is 0 Å². The second-order valence-corrected chi connectivity index (χ2v) is 4.70. The predicted molar refractivity (Wildman–Crippen MR) is 75.1 cm³/mol. The van der Waals surface area contributed by atoms with Crippen LogP contribution in [0.15, 0.2) is 54.7 Å². The molecular formula is C16H16N2. The van der Waals surface area contributed by atoms with E-state index >= 15 is 0 Å². The molecule has 18 heavy (non-hydrogen) atoms. The van der Waals surface area contributed by atoms with Gasteiger partial charge in [-0.05, 0) is 30.7 Å². The molecular weight excluding hydrogens is 220 g/mol. The Bertz CT molecular complexity index is 602. The van der Waals surface area contributed by atoms with Crippen molar-refractivity contribution < 1.29 is 0 Å². The summed E-state index contributed by atoms with van der Waals surface area (Å²) in [6, 6.07) is 14.6. The Hall–Kier alpha value is -2.09. The second-order valence-electron chi connectivity index (χ2n) is 4.70. The van der Waals surface area contributed by atoms with Crippen LogP contribution in [0.1, 0.15) is 24.1 Å². The van der Waals surface area contributed by atoms with Crippen molar-refractivity contribution in [2.24, 2.45) is 0 Å². The predicted octanol–water partition coefficient (Wildman–Crippen LogP) is 4.16. The fourth-order valence-electron chi connectivity index (χ4n) is 2.35. The van der Waals surface area contributed by atoms with Crippen LogP contribution in [0.2, 0.25) is 0 Å². The highest BCUT2D eigenvalue weighted by molar-refractivity contribution is 5.69. The Labute approximate surface area is 108 Å². The van der Waals surface area contributed by atoms with Gasteiger partial charge in [0.05, 0.1) is 5.69 Å². The Morgan fingerprint density at radius 2 is 1.89 bits per heavy atom. The summed E-state index contributed by atoms with van der Waals surface area (Å²) in [5, 5.41) is 0. The normalized spacial score (nSPS) is 17.7. The third-order valence-electron chi connectivity index (χ3n) is 3.33. The molecule has 0 spiro atoms. The monoisotopic (exact) mass is 236 g/mol. The van der Waals surface area contributed by atoms with Crippen molar-refractivity contribution in [2.75, 3.05) is 4.90 Å². The van der Waals surface area contributed by atoms with Gasteiger partial charge in [-0.1, -0.05) is 37.3 Å². The molecule has 0 saturated carbocycles. The molecule has 0 bridgehead atoms. The molecule has 0 aliphatic carbocycles. The number of hydrogen-bond acceptors (Lipinski definition) is 2.